The van der Waals surface area contributed by atoms with E-state index in [4.69, 9.17) is 0 Å². The fourth-order valence-corrected chi connectivity index (χ4v) is 1.76. The van der Waals surface area contributed by atoms with E-state index in [9.17, 15) is 4.79 Å². The Labute approximate surface area is 107 Å². The van der Waals surface area contributed by atoms with Gasteiger partial charge in [-0.25, -0.2) is 0 Å². The summed E-state index contributed by atoms with van der Waals surface area (Å²) in [4.78, 5) is 11.5. The van der Waals surface area contributed by atoms with Crippen LogP contribution in [0, 0.1) is 0 Å². The molecule has 2 aromatic rings. The van der Waals surface area contributed by atoms with Crippen LogP contribution < -0.4 is 5.32 Å². The van der Waals surface area contributed by atoms with Crippen molar-refractivity contribution >= 4 is 5.91 Å². The highest BCUT2D eigenvalue weighted by Gasteiger charge is 2.01. The molecule has 1 aromatic carbocycles. The van der Waals surface area contributed by atoms with E-state index in [0.717, 1.165) is 12.8 Å². The number of carbonyl (C=O) groups excluding carboxylic acids is 1. The molecule has 4 heteroatoms. The lowest BCUT2D eigenvalue weighted by Gasteiger charge is -2.05. The normalized spacial score (nSPS) is 10.2. The van der Waals surface area contributed by atoms with Crippen molar-refractivity contribution in [1.29, 1.82) is 0 Å². The average Bonchev–Trinajstić information content (AvgIpc) is 2.89. The summed E-state index contributed by atoms with van der Waals surface area (Å²) in [5, 5.41) is 6.88. The van der Waals surface area contributed by atoms with Gasteiger partial charge < -0.3 is 5.32 Å². The smallest absolute Gasteiger partial charge is 0.241 e. The van der Waals surface area contributed by atoms with Gasteiger partial charge in [-0.1, -0.05) is 30.3 Å². The first kappa shape index (κ1) is 12.4. The van der Waals surface area contributed by atoms with Crippen molar-refractivity contribution in [3.05, 3.63) is 54.4 Å². The van der Waals surface area contributed by atoms with E-state index in [-0.39, 0.29) is 5.91 Å². The van der Waals surface area contributed by atoms with Gasteiger partial charge in [-0.3, -0.25) is 9.48 Å². The van der Waals surface area contributed by atoms with Gasteiger partial charge in [-0.2, -0.15) is 5.10 Å². The SMILES string of the molecule is O=C(Cn1cccn1)NCCCc1ccccc1. The van der Waals surface area contributed by atoms with Gasteiger partial charge in [-0.05, 0) is 24.5 Å². The lowest BCUT2D eigenvalue weighted by atomic mass is 10.1. The summed E-state index contributed by atoms with van der Waals surface area (Å²) < 4.78 is 1.62. The van der Waals surface area contributed by atoms with Crippen LogP contribution in [0.2, 0.25) is 0 Å². The Morgan fingerprint density at radius 3 is 2.78 bits per heavy atom. The molecule has 2 rings (SSSR count). The van der Waals surface area contributed by atoms with Crippen LogP contribution in [0.15, 0.2) is 48.8 Å². The average molecular weight is 243 g/mol. The lowest BCUT2D eigenvalue weighted by molar-refractivity contribution is -0.121. The van der Waals surface area contributed by atoms with Crippen molar-refractivity contribution < 1.29 is 4.79 Å². The molecule has 0 fully saturated rings. The minimum atomic E-state index is 0.00626. The molecule has 0 saturated carbocycles. The summed E-state index contributed by atoms with van der Waals surface area (Å²) in [7, 11) is 0. The van der Waals surface area contributed by atoms with E-state index in [1.165, 1.54) is 5.56 Å². The Morgan fingerprint density at radius 1 is 1.22 bits per heavy atom. The van der Waals surface area contributed by atoms with Crippen molar-refractivity contribution in [3.8, 4) is 0 Å². The van der Waals surface area contributed by atoms with Gasteiger partial charge in [0.25, 0.3) is 0 Å². The van der Waals surface area contributed by atoms with Crippen LogP contribution >= 0.6 is 0 Å². The monoisotopic (exact) mass is 243 g/mol. The molecule has 1 N–H and O–H groups in total. The predicted molar refractivity (Wildman–Crippen MR) is 70.0 cm³/mol. The molecule has 18 heavy (non-hydrogen) atoms. The number of aromatic nitrogens is 2. The molecule has 0 radical (unpaired) electrons. The van der Waals surface area contributed by atoms with Gasteiger partial charge in [0.2, 0.25) is 5.91 Å². The van der Waals surface area contributed by atoms with Crippen molar-refractivity contribution in [3.63, 3.8) is 0 Å². The minimum absolute atomic E-state index is 0.00626. The third-order valence-electron chi connectivity index (χ3n) is 2.67. The molecular formula is C14H17N3O. The van der Waals surface area contributed by atoms with Crippen molar-refractivity contribution in [2.24, 2.45) is 0 Å². The van der Waals surface area contributed by atoms with E-state index in [1.54, 1.807) is 17.1 Å². The van der Waals surface area contributed by atoms with Crippen molar-refractivity contribution in [2.75, 3.05) is 6.54 Å². The van der Waals surface area contributed by atoms with E-state index >= 15 is 0 Å². The zero-order chi connectivity index (χ0) is 12.6. The summed E-state index contributed by atoms with van der Waals surface area (Å²) in [6.07, 6.45) is 5.39. The van der Waals surface area contributed by atoms with Crippen LogP contribution in [0.5, 0.6) is 0 Å². The molecule has 1 heterocycles. The Balaban J connectivity index is 1.62. The van der Waals surface area contributed by atoms with Gasteiger partial charge in [0.15, 0.2) is 0 Å². The Hall–Kier alpha value is -2.10. The first-order valence-electron chi connectivity index (χ1n) is 6.12. The second-order valence-electron chi connectivity index (χ2n) is 4.14. The summed E-state index contributed by atoms with van der Waals surface area (Å²) in [5.41, 5.74) is 1.30. The highest BCUT2D eigenvalue weighted by atomic mass is 16.2. The predicted octanol–water partition coefficient (Wildman–Crippen LogP) is 1.63. The second-order valence-corrected chi connectivity index (χ2v) is 4.14. The van der Waals surface area contributed by atoms with Gasteiger partial charge in [-0.15, -0.1) is 0 Å². The number of benzene rings is 1. The minimum Gasteiger partial charge on any atom is -0.354 e. The molecule has 0 aliphatic rings. The number of carbonyl (C=O) groups is 1. The van der Waals surface area contributed by atoms with Gasteiger partial charge in [0.1, 0.15) is 6.54 Å². The van der Waals surface area contributed by atoms with Gasteiger partial charge in [0, 0.05) is 18.9 Å². The number of hydrogen-bond acceptors (Lipinski definition) is 2. The molecule has 1 aromatic heterocycles. The Morgan fingerprint density at radius 2 is 2.06 bits per heavy atom. The van der Waals surface area contributed by atoms with Crippen LogP contribution in [0.1, 0.15) is 12.0 Å². The Kier molecular flexibility index (Phi) is 4.53. The van der Waals surface area contributed by atoms with Crippen molar-refractivity contribution in [2.45, 2.75) is 19.4 Å². The Bertz CT molecular complexity index is 465. The number of rotatable bonds is 6. The van der Waals surface area contributed by atoms with Crippen LogP contribution in [-0.4, -0.2) is 22.2 Å². The van der Waals surface area contributed by atoms with Crippen LogP contribution in [0.25, 0.3) is 0 Å². The maximum atomic E-state index is 11.5. The lowest BCUT2D eigenvalue weighted by Crippen LogP contribution is -2.28. The fourth-order valence-electron chi connectivity index (χ4n) is 1.76. The molecule has 0 aliphatic heterocycles. The van der Waals surface area contributed by atoms with Crippen LogP contribution in [0.3, 0.4) is 0 Å². The van der Waals surface area contributed by atoms with Crippen LogP contribution in [-0.2, 0) is 17.8 Å². The maximum Gasteiger partial charge on any atom is 0.241 e. The maximum absolute atomic E-state index is 11.5. The quantitative estimate of drug-likeness (QED) is 0.784. The zero-order valence-corrected chi connectivity index (χ0v) is 10.2. The van der Waals surface area contributed by atoms with E-state index in [0.29, 0.717) is 13.1 Å². The number of nitrogens with zero attached hydrogens (tertiary/aromatic N) is 2. The summed E-state index contributed by atoms with van der Waals surface area (Å²) in [6.45, 7) is 0.993. The summed E-state index contributed by atoms with van der Waals surface area (Å²) in [6, 6.07) is 12.1. The fraction of sp³-hybridized carbons (Fsp3) is 0.286. The zero-order valence-electron chi connectivity index (χ0n) is 10.2. The molecule has 0 atom stereocenters. The topological polar surface area (TPSA) is 46.9 Å². The van der Waals surface area contributed by atoms with E-state index < -0.39 is 0 Å². The summed E-state index contributed by atoms with van der Waals surface area (Å²) in [5.74, 6) is 0.00626. The first-order chi connectivity index (χ1) is 8.84. The van der Waals surface area contributed by atoms with Gasteiger partial charge >= 0.3 is 0 Å². The summed E-state index contributed by atoms with van der Waals surface area (Å²) >= 11 is 0. The number of nitrogens with one attached hydrogen (secondary N) is 1. The molecular weight excluding hydrogens is 226 g/mol. The second kappa shape index (κ2) is 6.59. The molecule has 0 unspecified atom stereocenters. The standard InChI is InChI=1S/C14H17N3O/c18-14(12-17-11-5-10-16-17)15-9-4-8-13-6-2-1-3-7-13/h1-3,5-7,10-11H,4,8-9,12H2,(H,15,18). The molecule has 0 saturated heterocycles. The highest BCUT2D eigenvalue weighted by molar-refractivity contribution is 5.75. The molecule has 0 aliphatic carbocycles. The first-order valence-corrected chi connectivity index (χ1v) is 6.12. The molecule has 0 bridgehead atoms. The number of amides is 1. The third-order valence-corrected chi connectivity index (χ3v) is 2.67. The van der Waals surface area contributed by atoms with Crippen LogP contribution in [0.4, 0.5) is 0 Å². The third kappa shape index (κ3) is 4.05. The molecule has 4 nitrogen and oxygen atoms in total. The van der Waals surface area contributed by atoms with Crippen molar-refractivity contribution in [1.82, 2.24) is 15.1 Å². The number of aryl methyl sites for hydroxylation is 1. The highest BCUT2D eigenvalue weighted by Crippen LogP contribution is 2.01. The van der Waals surface area contributed by atoms with Gasteiger partial charge in [0.05, 0.1) is 0 Å². The largest absolute Gasteiger partial charge is 0.354 e. The van der Waals surface area contributed by atoms with E-state index in [2.05, 4.69) is 22.5 Å². The van der Waals surface area contributed by atoms with E-state index in [1.807, 2.05) is 24.3 Å². The molecule has 1 amide bonds. The molecule has 0 spiro atoms. The number of hydrogen-bond donors (Lipinski definition) is 1. The molecule has 94 valence electrons.